The van der Waals surface area contributed by atoms with Crippen molar-refractivity contribution in [3.8, 4) is 0 Å². The zero-order valence-electron chi connectivity index (χ0n) is 22.6. The van der Waals surface area contributed by atoms with Crippen LogP contribution >= 0.6 is 31.9 Å². The third-order valence-electron chi connectivity index (χ3n) is 6.60. The molecule has 3 N–H and O–H groups in total. The minimum Gasteiger partial charge on any atom is -0.467 e. The van der Waals surface area contributed by atoms with Gasteiger partial charge in [0.2, 0.25) is 0 Å². The van der Waals surface area contributed by atoms with E-state index in [1.54, 1.807) is 0 Å². The van der Waals surface area contributed by atoms with Gasteiger partial charge in [-0.1, -0.05) is 15.9 Å². The van der Waals surface area contributed by atoms with E-state index >= 15 is 0 Å². The Morgan fingerprint density at radius 3 is 2.08 bits per heavy atom. The Kier molecular flexibility index (Phi) is 11.8. The fourth-order valence-corrected chi connectivity index (χ4v) is 6.13. The van der Waals surface area contributed by atoms with Crippen LogP contribution in [0.4, 0.5) is 5.69 Å². The summed E-state index contributed by atoms with van der Waals surface area (Å²) in [5.41, 5.74) is 7.83. The summed E-state index contributed by atoms with van der Waals surface area (Å²) in [5, 5.41) is 3.53. The summed E-state index contributed by atoms with van der Waals surface area (Å²) in [6, 6.07) is 4.07. The van der Waals surface area contributed by atoms with E-state index in [4.69, 9.17) is 34.2 Å². The van der Waals surface area contributed by atoms with Gasteiger partial charge in [-0.2, -0.15) is 0 Å². The van der Waals surface area contributed by atoms with Crippen LogP contribution in [0.3, 0.4) is 0 Å². The second-order valence-corrected chi connectivity index (χ2v) is 11.4. The van der Waals surface area contributed by atoms with Crippen LogP contribution < -0.4 is 11.1 Å². The van der Waals surface area contributed by atoms with Crippen molar-refractivity contribution < 1.29 is 47.6 Å². The molecular weight excluding hydrogens is 660 g/mol. The first-order valence-electron chi connectivity index (χ1n) is 12.8. The van der Waals surface area contributed by atoms with Gasteiger partial charge in [-0.3, -0.25) is 14.4 Å². The largest absolute Gasteiger partial charge is 0.467 e. The fraction of sp³-hybridized carbons (Fsp3) is 0.615. The van der Waals surface area contributed by atoms with Crippen molar-refractivity contribution in [2.24, 2.45) is 0 Å². The highest BCUT2D eigenvalue weighted by atomic mass is 79.9. The van der Waals surface area contributed by atoms with Crippen LogP contribution in [-0.2, 0) is 54.1 Å². The SMILES string of the molecule is COC(=O)[C@H]1O[C@@H](OC2CCC(NCc3cc(Br)cc(Br)c3N)CC2)[C@H](OC(C)=O)[C@@H](OC(C)=O)[C@@H]1OC(C)=O. The highest BCUT2D eigenvalue weighted by molar-refractivity contribution is 9.11. The second kappa shape index (κ2) is 14.6. The normalized spacial score (nSPS) is 28.3. The molecule has 5 atom stereocenters. The monoisotopic (exact) mass is 692 g/mol. The Hall–Kier alpha value is -2.26. The first-order valence-corrected chi connectivity index (χ1v) is 14.3. The van der Waals surface area contributed by atoms with Crippen molar-refractivity contribution in [1.29, 1.82) is 0 Å². The molecule has 0 spiro atoms. The average Bonchev–Trinajstić information content (AvgIpc) is 2.88. The number of nitrogen functional groups attached to an aromatic ring is 1. The number of hydrogen-bond acceptors (Lipinski definition) is 12. The van der Waals surface area contributed by atoms with Gasteiger partial charge in [0.25, 0.3) is 0 Å². The van der Waals surface area contributed by atoms with Crippen molar-refractivity contribution in [3.63, 3.8) is 0 Å². The molecule has 1 aliphatic heterocycles. The minimum absolute atomic E-state index is 0.207. The molecule has 0 aromatic heterocycles. The predicted octanol–water partition coefficient (Wildman–Crippen LogP) is 2.90. The molecule has 2 fully saturated rings. The van der Waals surface area contributed by atoms with Crippen LogP contribution in [0.1, 0.15) is 52.0 Å². The van der Waals surface area contributed by atoms with E-state index in [-0.39, 0.29) is 12.1 Å². The third kappa shape index (κ3) is 8.62. The molecule has 14 heteroatoms. The van der Waals surface area contributed by atoms with E-state index in [0.717, 1.165) is 48.3 Å². The van der Waals surface area contributed by atoms with E-state index < -0.39 is 54.6 Å². The Labute approximate surface area is 249 Å². The summed E-state index contributed by atoms with van der Waals surface area (Å²) in [6.07, 6.45) is -4.38. The Morgan fingerprint density at radius 1 is 0.925 bits per heavy atom. The molecule has 1 aliphatic carbocycles. The lowest BCUT2D eigenvalue weighted by molar-refractivity contribution is -0.312. The maximum Gasteiger partial charge on any atom is 0.339 e. The van der Waals surface area contributed by atoms with Crippen molar-refractivity contribution in [1.82, 2.24) is 5.32 Å². The van der Waals surface area contributed by atoms with Crippen LogP contribution in [0.5, 0.6) is 0 Å². The molecule has 1 heterocycles. The summed E-state index contributed by atoms with van der Waals surface area (Å²) in [6.45, 7) is 4.02. The number of anilines is 1. The second-order valence-electron chi connectivity index (χ2n) is 9.62. The van der Waals surface area contributed by atoms with Crippen LogP contribution in [0.25, 0.3) is 0 Å². The Morgan fingerprint density at radius 2 is 1.50 bits per heavy atom. The zero-order valence-corrected chi connectivity index (χ0v) is 25.8. The van der Waals surface area contributed by atoms with Crippen LogP contribution in [0.2, 0.25) is 0 Å². The minimum atomic E-state index is -1.48. The van der Waals surface area contributed by atoms with Crippen molar-refractivity contribution >= 4 is 61.4 Å². The summed E-state index contributed by atoms with van der Waals surface area (Å²) in [4.78, 5) is 48.4. The average molecular weight is 694 g/mol. The van der Waals surface area contributed by atoms with Gasteiger partial charge in [0, 0.05) is 42.3 Å². The number of benzene rings is 1. The number of nitrogens with two attached hydrogens (primary N) is 1. The Bertz CT molecular complexity index is 1100. The molecule has 222 valence electrons. The van der Waals surface area contributed by atoms with Crippen molar-refractivity contribution in [2.75, 3.05) is 12.8 Å². The fourth-order valence-electron chi connectivity index (χ4n) is 4.82. The Balaban J connectivity index is 1.71. The van der Waals surface area contributed by atoms with Gasteiger partial charge in [-0.15, -0.1) is 0 Å². The van der Waals surface area contributed by atoms with Gasteiger partial charge in [0.05, 0.1) is 18.9 Å². The number of carbonyl (C=O) groups excluding carboxylic acids is 4. The molecule has 0 bridgehead atoms. The zero-order chi connectivity index (χ0) is 29.6. The number of carbonyl (C=O) groups is 4. The predicted molar refractivity (Wildman–Crippen MR) is 148 cm³/mol. The number of nitrogens with one attached hydrogen (secondary N) is 1. The highest BCUT2D eigenvalue weighted by Crippen LogP contribution is 2.33. The first-order chi connectivity index (χ1) is 18.9. The molecule has 1 aromatic carbocycles. The summed E-state index contributed by atoms with van der Waals surface area (Å²) in [5.74, 6) is -3.08. The first kappa shape index (κ1) is 32.3. The molecule has 1 saturated heterocycles. The molecule has 1 saturated carbocycles. The standard InChI is InChI=1S/C26H34Br2N2O10/c1-12(31)36-21-22(37-13(2)32)24(38-14(3)33)26(40-23(21)25(34)35-4)39-18-7-5-17(6-8-18)30-11-15-9-16(27)10-19(28)20(15)29/h9-10,17-18,21-24,26,30H,5-8,11,29H2,1-4H3/t17?,18?,21-,22-,23-,24+,26+/m0/s1. The van der Waals surface area contributed by atoms with Gasteiger partial charge in [0.1, 0.15) is 0 Å². The van der Waals surface area contributed by atoms with Gasteiger partial charge < -0.3 is 39.5 Å². The van der Waals surface area contributed by atoms with E-state index in [1.165, 1.54) is 6.92 Å². The number of methoxy groups -OCH3 is 1. The number of hydrogen-bond donors (Lipinski definition) is 2. The molecule has 2 aliphatic rings. The van der Waals surface area contributed by atoms with Gasteiger partial charge >= 0.3 is 23.9 Å². The van der Waals surface area contributed by atoms with Gasteiger partial charge in [0.15, 0.2) is 30.7 Å². The third-order valence-corrected chi connectivity index (χ3v) is 7.71. The molecular formula is C26H34Br2N2O10. The number of ether oxygens (including phenoxy) is 6. The van der Waals surface area contributed by atoms with E-state index in [9.17, 15) is 19.2 Å². The lowest BCUT2D eigenvalue weighted by Gasteiger charge is -2.44. The van der Waals surface area contributed by atoms with Gasteiger partial charge in [-0.25, -0.2) is 4.79 Å². The number of rotatable bonds is 9. The molecule has 0 radical (unpaired) electrons. The van der Waals surface area contributed by atoms with E-state index in [2.05, 4.69) is 37.2 Å². The van der Waals surface area contributed by atoms with Crippen LogP contribution in [0.15, 0.2) is 21.1 Å². The number of esters is 4. The summed E-state index contributed by atoms with van der Waals surface area (Å²) in [7, 11) is 1.14. The molecule has 12 nitrogen and oxygen atoms in total. The lowest BCUT2D eigenvalue weighted by Crippen LogP contribution is -2.64. The van der Waals surface area contributed by atoms with Crippen molar-refractivity contribution in [2.45, 2.75) is 95.9 Å². The van der Waals surface area contributed by atoms with E-state index in [0.29, 0.717) is 25.1 Å². The quantitative estimate of drug-likeness (QED) is 0.221. The smallest absolute Gasteiger partial charge is 0.339 e. The lowest BCUT2D eigenvalue weighted by atomic mass is 9.92. The summed E-state index contributed by atoms with van der Waals surface area (Å²) < 4.78 is 34.7. The molecule has 1 aromatic rings. The van der Waals surface area contributed by atoms with E-state index in [1.807, 2.05) is 12.1 Å². The molecule has 0 unspecified atom stereocenters. The van der Waals surface area contributed by atoms with Crippen LogP contribution in [-0.4, -0.2) is 73.8 Å². The maximum atomic E-state index is 12.6. The number of halogens is 2. The molecule has 40 heavy (non-hydrogen) atoms. The van der Waals surface area contributed by atoms with Crippen molar-refractivity contribution in [3.05, 3.63) is 26.6 Å². The molecule has 0 amide bonds. The van der Waals surface area contributed by atoms with Gasteiger partial charge in [-0.05, 0) is 59.3 Å². The summed E-state index contributed by atoms with van der Waals surface area (Å²) >= 11 is 6.95. The van der Waals surface area contributed by atoms with Crippen LogP contribution in [0, 0.1) is 0 Å². The molecule has 3 rings (SSSR count). The highest BCUT2D eigenvalue weighted by Gasteiger charge is 2.55. The topological polar surface area (TPSA) is 162 Å². The maximum absolute atomic E-state index is 12.6.